The van der Waals surface area contributed by atoms with Crippen LogP contribution in [0.5, 0.6) is 0 Å². The van der Waals surface area contributed by atoms with Crippen molar-refractivity contribution in [3.05, 3.63) is 71.8 Å². The van der Waals surface area contributed by atoms with Crippen LogP contribution in [0.25, 0.3) is 0 Å². The van der Waals surface area contributed by atoms with Gasteiger partial charge >= 0.3 is 5.97 Å². The van der Waals surface area contributed by atoms with E-state index in [0.717, 1.165) is 5.56 Å². The molecule has 0 amide bonds. The van der Waals surface area contributed by atoms with E-state index in [2.05, 4.69) is 0 Å². The van der Waals surface area contributed by atoms with Gasteiger partial charge < -0.3 is 18.9 Å². The van der Waals surface area contributed by atoms with E-state index in [9.17, 15) is 4.79 Å². The minimum atomic E-state index is -0.664. The lowest BCUT2D eigenvalue weighted by atomic mass is 10.2. The first-order valence-corrected chi connectivity index (χ1v) is 8.73. The largest absolute Gasteiger partial charge is 0.459 e. The van der Waals surface area contributed by atoms with Gasteiger partial charge in [0, 0.05) is 0 Å². The first-order chi connectivity index (χ1) is 12.5. The molecule has 0 bridgehead atoms. The summed E-state index contributed by atoms with van der Waals surface area (Å²) < 4.78 is 23.0. The molecule has 1 aliphatic heterocycles. The Morgan fingerprint density at radius 1 is 1.12 bits per heavy atom. The Balaban J connectivity index is 1.61. The summed E-state index contributed by atoms with van der Waals surface area (Å²) in [5, 5.41) is 0. The molecule has 3 rings (SSSR count). The van der Waals surface area contributed by atoms with Gasteiger partial charge in [0.25, 0.3) is 0 Å². The topological polar surface area (TPSA) is 54.0 Å². The van der Waals surface area contributed by atoms with Crippen LogP contribution in [0.1, 0.15) is 29.8 Å². The van der Waals surface area contributed by atoms with E-state index >= 15 is 0 Å². The van der Waals surface area contributed by atoms with Crippen LogP contribution >= 0.6 is 0 Å². The highest BCUT2D eigenvalue weighted by atomic mass is 16.8. The summed E-state index contributed by atoms with van der Waals surface area (Å²) in [5.74, 6) is -1.04. The fraction of sp³-hybridized carbons (Fsp3) is 0.381. The molecule has 5 nitrogen and oxygen atoms in total. The highest BCUT2D eigenvalue weighted by molar-refractivity contribution is 5.89. The van der Waals surface area contributed by atoms with Crippen LogP contribution < -0.4 is 0 Å². The Labute approximate surface area is 153 Å². The number of ether oxygens (including phenoxy) is 4. The summed E-state index contributed by atoms with van der Waals surface area (Å²) in [4.78, 5) is 12.2. The van der Waals surface area contributed by atoms with Crippen molar-refractivity contribution < 1.29 is 23.7 Å². The molecule has 1 saturated heterocycles. The molecule has 5 heteroatoms. The first kappa shape index (κ1) is 18.6. The maximum atomic E-state index is 12.2. The lowest BCUT2D eigenvalue weighted by Crippen LogP contribution is -2.37. The van der Waals surface area contributed by atoms with Gasteiger partial charge in [0.05, 0.1) is 18.8 Å². The molecule has 2 aromatic rings. The van der Waals surface area contributed by atoms with E-state index in [1.54, 1.807) is 24.3 Å². The van der Waals surface area contributed by atoms with Gasteiger partial charge in [-0.2, -0.15) is 0 Å². The monoisotopic (exact) mass is 356 g/mol. The zero-order chi connectivity index (χ0) is 18.4. The number of carbonyl (C=O) groups is 1. The summed E-state index contributed by atoms with van der Waals surface area (Å²) in [6.45, 7) is 4.63. The molecule has 2 atom stereocenters. The van der Waals surface area contributed by atoms with Gasteiger partial charge in [0.2, 0.25) is 0 Å². The summed E-state index contributed by atoms with van der Waals surface area (Å²) in [6, 6.07) is 18.8. The lowest BCUT2D eigenvalue weighted by Gasteiger charge is -2.24. The van der Waals surface area contributed by atoms with Crippen molar-refractivity contribution in [1.82, 2.24) is 0 Å². The highest BCUT2D eigenvalue weighted by Gasteiger charge is 2.38. The molecule has 1 fully saturated rings. The molecule has 0 aliphatic carbocycles. The van der Waals surface area contributed by atoms with Crippen molar-refractivity contribution in [2.45, 2.75) is 38.4 Å². The van der Waals surface area contributed by atoms with Gasteiger partial charge in [-0.3, -0.25) is 0 Å². The molecule has 0 spiro atoms. The normalized spacial score (nSPS) is 19.8. The van der Waals surface area contributed by atoms with Gasteiger partial charge in [0.15, 0.2) is 5.79 Å². The number of hydrogen-bond donors (Lipinski definition) is 0. The van der Waals surface area contributed by atoms with E-state index in [-0.39, 0.29) is 18.7 Å². The number of hydrogen-bond acceptors (Lipinski definition) is 5. The zero-order valence-corrected chi connectivity index (χ0v) is 15.1. The highest BCUT2D eigenvalue weighted by Crippen LogP contribution is 2.26. The maximum Gasteiger partial charge on any atom is 0.338 e. The Kier molecular flexibility index (Phi) is 6.04. The van der Waals surface area contributed by atoms with Crippen LogP contribution in [0.4, 0.5) is 0 Å². The van der Waals surface area contributed by atoms with Gasteiger partial charge in [-0.15, -0.1) is 0 Å². The lowest BCUT2D eigenvalue weighted by molar-refractivity contribution is -0.162. The minimum Gasteiger partial charge on any atom is -0.459 e. The average Bonchev–Trinajstić information content (AvgIpc) is 3.02. The molecular formula is C21H24O5. The first-order valence-electron chi connectivity index (χ1n) is 8.73. The quantitative estimate of drug-likeness (QED) is 0.710. The van der Waals surface area contributed by atoms with E-state index < -0.39 is 11.9 Å². The predicted octanol–water partition coefficient (Wildman–Crippen LogP) is 3.58. The Bertz CT molecular complexity index is 699. The van der Waals surface area contributed by atoms with Crippen molar-refractivity contribution in [2.75, 3.05) is 13.2 Å². The van der Waals surface area contributed by atoms with Crippen molar-refractivity contribution in [2.24, 2.45) is 0 Å². The minimum absolute atomic E-state index is 0.102. The van der Waals surface area contributed by atoms with Gasteiger partial charge in [-0.05, 0) is 31.5 Å². The average molecular weight is 356 g/mol. The summed E-state index contributed by atoms with van der Waals surface area (Å²) in [5.41, 5.74) is 1.56. The zero-order valence-electron chi connectivity index (χ0n) is 15.1. The van der Waals surface area contributed by atoms with E-state index in [1.807, 2.05) is 50.2 Å². The van der Waals surface area contributed by atoms with Crippen LogP contribution in [0, 0.1) is 0 Å². The van der Waals surface area contributed by atoms with E-state index in [0.29, 0.717) is 18.8 Å². The van der Waals surface area contributed by atoms with Crippen LogP contribution in [0.2, 0.25) is 0 Å². The fourth-order valence-electron chi connectivity index (χ4n) is 2.75. The smallest absolute Gasteiger partial charge is 0.338 e. The predicted molar refractivity (Wildman–Crippen MR) is 96.6 cm³/mol. The summed E-state index contributed by atoms with van der Waals surface area (Å²) in [6.07, 6.45) is -0.707. The standard InChI is InChI=1S/C21H24O5/c1-21(2)25-15-19(26-21)18(23-13-16-9-5-3-6-10-16)14-24-20(22)17-11-7-4-8-12-17/h3-12,18-19H,13-15H2,1-2H3/t18-,19-/m0/s1. The third-order valence-corrected chi connectivity index (χ3v) is 4.14. The number of esters is 1. The second kappa shape index (κ2) is 8.45. The van der Waals surface area contributed by atoms with Gasteiger partial charge in [-0.25, -0.2) is 4.79 Å². The third-order valence-electron chi connectivity index (χ3n) is 4.14. The molecule has 0 unspecified atom stereocenters. The second-order valence-corrected chi connectivity index (χ2v) is 6.67. The maximum absolute atomic E-state index is 12.2. The molecule has 0 saturated carbocycles. The van der Waals surface area contributed by atoms with Crippen LogP contribution in [-0.2, 0) is 25.6 Å². The fourth-order valence-corrected chi connectivity index (χ4v) is 2.75. The molecule has 0 N–H and O–H groups in total. The van der Waals surface area contributed by atoms with E-state index in [4.69, 9.17) is 18.9 Å². The molecule has 1 heterocycles. The molecule has 2 aromatic carbocycles. The Morgan fingerprint density at radius 3 is 2.38 bits per heavy atom. The van der Waals surface area contributed by atoms with Crippen LogP contribution in [-0.4, -0.2) is 37.2 Å². The van der Waals surface area contributed by atoms with Crippen LogP contribution in [0.3, 0.4) is 0 Å². The SMILES string of the molecule is CC1(C)OC[C@@H]([C@H](COC(=O)c2ccccc2)OCc2ccccc2)O1. The van der Waals surface area contributed by atoms with Crippen molar-refractivity contribution in [3.8, 4) is 0 Å². The number of rotatable bonds is 7. The molecule has 0 radical (unpaired) electrons. The molecule has 138 valence electrons. The summed E-state index contributed by atoms with van der Waals surface area (Å²) >= 11 is 0. The van der Waals surface area contributed by atoms with Gasteiger partial charge in [0.1, 0.15) is 18.8 Å². The number of benzene rings is 2. The molecular weight excluding hydrogens is 332 g/mol. The van der Waals surface area contributed by atoms with Crippen LogP contribution in [0.15, 0.2) is 60.7 Å². The Morgan fingerprint density at radius 2 is 1.77 bits per heavy atom. The summed E-state index contributed by atoms with van der Waals surface area (Å²) in [7, 11) is 0. The van der Waals surface area contributed by atoms with Gasteiger partial charge in [-0.1, -0.05) is 48.5 Å². The third kappa shape index (κ3) is 5.14. The molecule has 0 aromatic heterocycles. The van der Waals surface area contributed by atoms with Crippen molar-refractivity contribution in [3.63, 3.8) is 0 Å². The molecule has 1 aliphatic rings. The number of carbonyl (C=O) groups excluding carboxylic acids is 1. The van der Waals surface area contributed by atoms with E-state index in [1.165, 1.54) is 0 Å². The molecule has 26 heavy (non-hydrogen) atoms. The Hall–Kier alpha value is -2.21. The second-order valence-electron chi connectivity index (χ2n) is 6.67. The van der Waals surface area contributed by atoms with Crippen molar-refractivity contribution >= 4 is 5.97 Å². The van der Waals surface area contributed by atoms with Crippen molar-refractivity contribution in [1.29, 1.82) is 0 Å².